The van der Waals surface area contributed by atoms with E-state index in [1.165, 1.54) is 18.2 Å². The van der Waals surface area contributed by atoms with Crippen LogP contribution in [0.15, 0.2) is 24.3 Å². The summed E-state index contributed by atoms with van der Waals surface area (Å²) in [5.41, 5.74) is 0.110. The van der Waals surface area contributed by atoms with Crippen molar-refractivity contribution in [1.29, 1.82) is 0 Å². The van der Waals surface area contributed by atoms with E-state index in [2.05, 4.69) is 16.0 Å². The highest BCUT2D eigenvalue weighted by atomic mass is 32.2. The summed E-state index contributed by atoms with van der Waals surface area (Å²) in [4.78, 5) is 34.6. The summed E-state index contributed by atoms with van der Waals surface area (Å²) in [6.45, 7) is -0.0582. The van der Waals surface area contributed by atoms with Crippen molar-refractivity contribution in [2.45, 2.75) is 18.9 Å². The lowest BCUT2D eigenvalue weighted by Crippen LogP contribution is -2.38. The Bertz CT molecular complexity index is 593. The van der Waals surface area contributed by atoms with E-state index in [-0.39, 0.29) is 47.5 Å². The van der Waals surface area contributed by atoms with Gasteiger partial charge in [0.2, 0.25) is 17.7 Å². The molecule has 23 heavy (non-hydrogen) atoms. The number of thioether (sulfide) groups is 1. The molecule has 0 aromatic heterocycles. The Balaban J connectivity index is 1.58. The first kappa shape index (κ1) is 17.3. The van der Waals surface area contributed by atoms with E-state index in [1.807, 2.05) is 0 Å². The second kappa shape index (κ2) is 8.52. The van der Waals surface area contributed by atoms with E-state index < -0.39 is 5.82 Å². The van der Waals surface area contributed by atoms with Gasteiger partial charge in [0, 0.05) is 6.04 Å². The van der Waals surface area contributed by atoms with Crippen LogP contribution in [0.25, 0.3) is 0 Å². The zero-order valence-corrected chi connectivity index (χ0v) is 13.2. The van der Waals surface area contributed by atoms with E-state index >= 15 is 0 Å². The van der Waals surface area contributed by atoms with Gasteiger partial charge in [-0.25, -0.2) is 4.39 Å². The normalized spacial score (nSPS) is 13.3. The summed E-state index contributed by atoms with van der Waals surface area (Å²) < 4.78 is 13.3. The fourth-order valence-electron chi connectivity index (χ4n) is 1.72. The number of amides is 3. The molecular formula is C15H18FN3O3S. The Labute approximate surface area is 137 Å². The minimum Gasteiger partial charge on any atom is -0.352 e. The van der Waals surface area contributed by atoms with E-state index in [9.17, 15) is 18.8 Å². The van der Waals surface area contributed by atoms with Crippen molar-refractivity contribution in [3.8, 4) is 0 Å². The van der Waals surface area contributed by atoms with Gasteiger partial charge in [-0.15, -0.1) is 11.8 Å². The summed E-state index contributed by atoms with van der Waals surface area (Å²) in [5, 5.41) is 7.67. The fraction of sp³-hybridized carbons (Fsp3) is 0.400. The van der Waals surface area contributed by atoms with Gasteiger partial charge < -0.3 is 16.0 Å². The van der Waals surface area contributed by atoms with Gasteiger partial charge in [0.25, 0.3) is 0 Å². The molecule has 2 rings (SSSR count). The Morgan fingerprint density at radius 3 is 2.48 bits per heavy atom. The van der Waals surface area contributed by atoms with E-state index in [1.54, 1.807) is 6.07 Å². The third-order valence-electron chi connectivity index (χ3n) is 3.00. The molecule has 1 aromatic rings. The molecule has 0 unspecified atom stereocenters. The lowest BCUT2D eigenvalue weighted by molar-refractivity contribution is -0.124. The maximum Gasteiger partial charge on any atom is 0.239 e. The molecule has 0 bridgehead atoms. The van der Waals surface area contributed by atoms with Crippen molar-refractivity contribution in [1.82, 2.24) is 10.6 Å². The molecule has 1 aliphatic rings. The van der Waals surface area contributed by atoms with Gasteiger partial charge in [-0.3, -0.25) is 14.4 Å². The topological polar surface area (TPSA) is 87.3 Å². The molecule has 3 amide bonds. The Morgan fingerprint density at radius 1 is 1.09 bits per heavy atom. The summed E-state index contributed by atoms with van der Waals surface area (Å²) in [5.74, 6) is -1.34. The van der Waals surface area contributed by atoms with Crippen LogP contribution in [0.2, 0.25) is 0 Å². The number of nitrogens with one attached hydrogen (secondary N) is 3. The zero-order chi connectivity index (χ0) is 16.7. The molecule has 0 radical (unpaired) electrons. The third-order valence-corrected chi connectivity index (χ3v) is 3.94. The number of hydrogen-bond acceptors (Lipinski definition) is 4. The number of para-hydroxylation sites is 1. The highest BCUT2D eigenvalue weighted by molar-refractivity contribution is 8.00. The van der Waals surface area contributed by atoms with Crippen molar-refractivity contribution < 1.29 is 18.8 Å². The quantitative estimate of drug-likeness (QED) is 0.656. The van der Waals surface area contributed by atoms with Crippen LogP contribution in [0, 0.1) is 5.82 Å². The van der Waals surface area contributed by atoms with Crippen LogP contribution in [0.5, 0.6) is 0 Å². The maximum atomic E-state index is 13.3. The largest absolute Gasteiger partial charge is 0.352 e. The predicted molar refractivity (Wildman–Crippen MR) is 86.5 cm³/mol. The van der Waals surface area contributed by atoms with Crippen molar-refractivity contribution in [2.75, 3.05) is 23.4 Å². The van der Waals surface area contributed by atoms with Crippen LogP contribution < -0.4 is 16.0 Å². The van der Waals surface area contributed by atoms with Gasteiger partial charge in [-0.1, -0.05) is 12.1 Å². The number of carbonyl (C=O) groups is 3. The lowest BCUT2D eigenvalue weighted by Gasteiger charge is -2.07. The SMILES string of the molecule is O=C(CSCC(=O)Nc1ccccc1F)NCC(=O)NC1CC1. The van der Waals surface area contributed by atoms with Gasteiger partial charge in [-0.05, 0) is 25.0 Å². The molecule has 1 fully saturated rings. The van der Waals surface area contributed by atoms with Gasteiger partial charge in [0.05, 0.1) is 23.7 Å². The molecule has 124 valence electrons. The Kier molecular flexibility index (Phi) is 6.40. The number of anilines is 1. The lowest BCUT2D eigenvalue weighted by atomic mass is 10.3. The van der Waals surface area contributed by atoms with Crippen LogP contribution in [-0.4, -0.2) is 41.8 Å². The third kappa shape index (κ3) is 6.68. The first-order chi connectivity index (χ1) is 11.0. The number of hydrogen-bond donors (Lipinski definition) is 3. The summed E-state index contributed by atoms with van der Waals surface area (Å²) in [7, 11) is 0. The molecule has 0 atom stereocenters. The average molecular weight is 339 g/mol. The van der Waals surface area contributed by atoms with Gasteiger partial charge in [0.1, 0.15) is 5.82 Å². The van der Waals surface area contributed by atoms with Crippen LogP contribution in [0.4, 0.5) is 10.1 Å². The molecule has 3 N–H and O–H groups in total. The summed E-state index contributed by atoms with van der Waals surface area (Å²) in [6.07, 6.45) is 1.99. The van der Waals surface area contributed by atoms with E-state index in [4.69, 9.17) is 0 Å². The number of rotatable bonds is 8. The first-order valence-electron chi connectivity index (χ1n) is 7.23. The van der Waals surface area contributed by atoms with Crippen molar-refractivity contribution in [3.05, 3.63) is 30.1 Å². The van der Waals surface area contributed by atoms with Crippen molar-refractivity contribution >= 4 is 35.2 Å². The van der Waals surface area contributed by atoms with Gasteiger partial charge in [0.15, 0.2) is 0 Å². The standard InChI is InChI=1S/C15H18FN3O3S/c16-11-3-1-2-4-12(11)19-15(22)9-23-8-14(21)17-7-13(20)18-10-5-6-10/h1-4,10H,5-9H2,(H,17,21)(H,18,20)(H,19,22). The minimum atomic E-state index is -0.509. The predicted octanol–water partition coefficient (Wildman–Crippen LogP) is 0.892. The molecule has 0 saturated heterocycles. The van der Waals surface area contributed by atoms with E-state index in [0.717, 1.165) is 24.6 Å². The minimum absolute atomic E-state index is 0.0238. The van der Waals surface area contributed by atoms with Gasteiger partial charge in [-0.2, -0.15) is 0 Å². The van der Waals surface area contributed by atoms with Crippen molar-refractivity contribution in [2.24, 2.45) is 0 Å². The van der Waals surface area contributed by atoms with Crippen molar-refractivity contribution in [3.63, 3.8) is 0 Å². The molecule has 0 aliphatic heterocycles. The van der Waals surface area contributed by atoms with Crippen LogP contribution in [0.1, 0.15) is 12.8 Å². The van der Waals surface area contributed by atoms with Crippen LogP contribution in [-0.2, 0) is 14.4 Å². The second-order valence-electron chi connectivity index (χ2n) is 5.14. The molecule has 8 heteroatoms. The zero-order valence-electron chi connectivity index (χ0n) is 12.4. The second-order valence-corrected chi connectivity index (χ2v) is 6.12. The maximum absolute atomic E-state index is 13.3. The molecule has 0 heterocycles. The van der Waals surface area contributed by atoms with Crippen LogP contribution >= 0.6 is 11.8 Å². The molecule has 0 spiro atoms. The molecule has 1 aliphatic carbocycles. The summed E-state index contributed by atoms with van der Waals surface area (Å²) >= 11 is 1.09. The molecule has 1 aromatic carbocycles. The average Bonchev–Trinajstić information content (AvgIpc) is 3.31. The molecular weight excluding hydrogens is 321 g/mol. The van der Waals surface area contributed by atoms with Gasteiger partial charge >= 0.3 is 0 Å². The Hall–Kier alpha value is -2.09. The highest BCUT2D eigenvalue weighted by Crippen LogP contribution is 2.18. The Morgan fingerprint density at radius 2 is 1.78 bits per heavy atom. The summed E-state index contributed by atoms with van der Waals surface area (Å²) in [6, 6.07) is 6.12. The van der Waals surface area contributed by atoms with Crippen LogP contribution in [0.3, 0.4) is 0 Å². The monoisotopic (exact) mass is 339 g/mol. The molecule has 1 saturated carbocycles. The first-order valence-corrected chi connectivity index (χ1v) is 8.38. The number of carbonyl (C=O) groups excluding carboxylic acids is 3. The fourth-order valence-corrected chi connectivity index (χ4v) is 2.37. The highest BCUT2D eigenvalue weighted by Gasteiger charge is 2.23. The molecule has 6 nitrogen and oxygen atoms in total. The van der Waals surface area contributed by atoms with E-state index in [0.29, 0.717) is 0 Å². The number of benzene rings is 1. The number of halogens is 1. The smallest absolute Gasteiger partial charge is 0.239 e.